The van der Waals surface area contributed by atoms with Gasteiger partial charge in [-0.3, -0.25) is 0 Å². The standard InChI is InChI=1S/C7H13O3/c1-7(2)5-9-3-4-10-6-8/h7H,3-5H2,1-2H3. The summed E-state index contributed by atoms with van der Waals surface area (Å²) in [5, 5.41) is 0. The minimum atomic E-state index is 0.302. The van der Waals surface area contributed by atoms with Gasteiger partial charge in [-0.25, -0.2) is 4.79 Å². The van der Waals surface area contributed by atoms with E-state index in [0.29, 0.717) is 25.7 Å². The molecule has 0 atom stereocenters. The van der Waals surface area contributed by atoms with Crippen molar-refractivity contribution < 1.29 is 14.3 Å². The van der Waals surface area contributed by atoms with Crippen molar-refractivity contribution in [3.63, 3.8) is 0 Å². The van der Waals surface area contributed by atoms with Gasteiger partial charge >= 0.3 is 6.47 Å². The van der Waals surface area contributed by atoms with Crippen molar-refractivity contribution in [2.24, 2.45) is 5.92 Å². The van der Waals surface area contributed by atoms with Crippen LogP contribution in [0.4, 0.5) is 0 Å². The summed E-state index contributed by atoms with van der Waals surface area (Å²) >= 11 is 0. The Hall–Kier alpha value is -0.570. The van der Waals surface area contributed by atoms with E-state index in [4.69, 9.17) is 4.74 Å². The van der Waals surface area contributed by atoms with Gasteiger partial charge in [-0.2, -0.15) is 0 Å². The van der Waals surface area contributed by atoms with Crippen LogP contribution in [-0.4, -0.2) is 26.3 Å². The summed E-state index contributed by atoms with van der Waals surface area (Å²) in [6.07, 6.45) is 0. The van der Waals surface area contributed by atoms with Gasteiger partial charge in [-0.05, 0) is 5.92 Å². The molecular formula is C7H13O3. The second kappa shape index (κ2) is 6.55. The Morgan fingerprint density at radius 1 is 1.40 bits per heavy atom. The molecule has 0 bridgehead atoms. The summed E-state index contributed by atoms with van der Waals surface area (Å²) in [5.41, 5.74) is 0. The first-order chi connectivity index (χ1) is 4.77. The molecular weight excluding hydrogens is 132 g/mol. The van der Waals surface area contributed by atoms with Gasteiger partial charge in [-0.1, -0.05) is 13.8 Å². The van der Waals surface area contributed by atoms with E-state index < -0.39 is 0 Å². The molecule has 3 nitrogen and oxygen atoms in total. The molecule has 0 aliphatic heterocycles. The van der Waals surface area contributed by atoms with Crippen molar-refractivity contribution in [2.45, 2.75) is 13.8 Å². The van der Waals surface area contributed by atoms with Crippen LogP contribution in [0.25, 0.3) is 0 Å². The normalized spacial score (nSPS) is 9.90. The summed E-state index contributed by atoms with van der Waals surface area (Å²) in [6.45, 7) is 6.93. The maximum atomic E-state index is 9.50. The lowest BCUT2D eigenvalue weighted by Gasteiger charge is -2.04. The predicted molar refractivity (Wildman–Crippen MR) is 37.3 cm³/mol. The minimum Gasteiger partial charge on any atom is -0.455 e. The lowest BCUT2D eigenvalue weighted by atomic mass is 10.2. The van der Waals surface area contributed by atoms with E-state index in [1.165, 1.54) is 6.47 Å². The first-order valence-electron chi connectivity index (χ1n) is 3.34. The van der Waals surface area contributed by atoms with Crippen molar-refractivity contribution >= 4 is 6.47 Å². The Labute approximate surface area is 61.3 Å². The topological polar surface area (TPSA) is 35.5 Å². The van der Waals surface area contributed by atoms with Crippen LogP contribution in [-0.2, 0) is 14.3 Å². The third kappa shape index (κ3) is 7.43. The van der Waals surface area contributed by atoms with Crippen molar-refractivity contribution in [2.75, 3.05) is 19.8 Å². The zero-order valence-electron chi connectivity index (χ0n) is 6.42. The van der Waals surface area contributed by atoms with Gasteiger partial charge in [0.25, 0.3) is 0 Å². The summed E-state index contributed by atoms with van der Waals surface area (Å²) in [6, 6.07) is 0. The van der Waals surface area contributed by atoms with Crippen molar-refractivity contribution in [1.29, 1.82) is 0 Å². The third-order valence-electron chi connectivity index (χ3n) is 0.840. The molecule has 0 amide bonds. The fraction of sp³-hybridized carbons (Fsp3) is 0.857. The number of rotatable bonds is 6. The van der Waals surface area contributed by atoms with Crippen LogP contribution in [0.5, 0.6) is 0 Å². The second-order valence-electron chi connectivity index (χ2n) is 2.40. The lowest BCUT2D eigenvalue weighted by Crippen LogP contribution is -2.07. The fourth-order valence-corrected chi connectivity index (χ4v) is 0.461. The smallest absolute Gasteiger partial charge is 0.417 e. The van der Waals surface area contributed by atoms with Gasteiger partial charge in [0.15, 0.2) is 0 Å². The Bertz CT molecular complexity index is 80.9. The molecule has 10 heavy (non-hydrogen) atoms. The molecule has 0 aromatic carbocycles. The van der Waals surface area contributed by atoms with Crippen LogP contribution in [0.1, 0.15) is 13.8 Å². The molecule has 59 valence electrons. The SMILES string of the molecule is CC(C)COCCO[C]=O. The minimum absolute atomic E-state index is 0.302. The van der Waals surface area contributed by atoms with Crippen molar-refractivity contribution in [1.82, 2.24) is 0 Å². The van der Waals surface area contributed by atoms with Crippen LogP contribution in [0, 0.1) is 5.92 Å². The zero-order valence-corrected chi connectivity index (χ0v) is 6.42. The van der Waals surface area contributed by atoms with Crippen molar-refractivity contribution in [3.05, 3.63) is 0 Å². The molecule has 0 aliphatic carbocycles. The van der Waals surface area contributed by atoms with Gasteiger partial charge in [0.05, 0.1) is 6.61 Å². The van der Waals surface area contributed by atoms with E-state index in [2.05, 4.69) is 18.6 Å². The molecule has 0 saturated carbocycles. The molecule has 0 N–H and O–H groups in total. The highest BCUT2D eigenvalue weighted by Gasteiger charge is 1.92. The lowest BCUT2D eigenvalue weighted by molar-refractivity contribution is 0.0775. The summed E-state index contributed by atoms with van der Waals surface area (Å²) in [5.74, 6) is 0.528. The third-order valence-corrected chi connectivity index (χ3v) is 0.840. The average molecular weight is 145 g/mol. The van der Waals surface area contributed by atoms with E-state index in [1.54, 1.807) is 0 Å². The molecule has 0 spiro atoms. The molecule has 0 aromatic heterocycles. The molecule has 0 aromatic rings. The molecule has 0 rings (SSSR count). The number of carbonyl (C=O) groups excluding carboxylic acids is 1. The summed E-state index contributed by atoms with van der Waals surface area (Å²) in [7, 11) is 0. The summed E-state index contributed by atoms with van der Waals surface area (Å²) < 4.78 is 9.38. The van der Waals surface area contributed by atoms with E-state index in [9.17, 15) is 4.79 Å². The van der Waals surface area contributed by atoms with E-state index >= 15 is 0 Å². The first-order valence-corrected chi connectivity index (χ1v) is 3.34. The molecule has 0 unspecified atom stereocenters. The van der Waals surface area contributed by atoms with E-state index in [-0.39, 0.29) is 0 Å². The maximum absolute atomic E-state index is 9.50. The molecule has 0 aliphatic rings. The van der Waals surface area contributed by atoms with E-state index in [0.717, 1.165) is 0 Å². The largest absolute Gasteiger partial charge is 0.455 e. The Balaban J connectivity index is 2.83. The van der Waals surface area contributed by atoms with Crippen LogP contribution in [0.2, 0.25) is 0 Å². The predicted octanol–water partition coefficient (Wildman–Crippen LogP) is 0.743. The quantitative estimate of drug-likeness (QED) is 0.517. The van der Waals surface area contributed by atoms with Gasteiger partial charge in [0, 0.05) is 6.61 Å². The van der Waals surface area contributed by atoms with Crippen LogP contribution < -0.4 is 0 Å². The van der Waals surface area contributed by atoms with Gasteiger partial charge in [0.1, 0.15) is 6.61 Å². The van der Waals surface area contributed by atoms with Gasteiger partial charge < -0.3 is 9.47 Å². The Morgan fingerprint density at radius 3 is 2.60 bits per heavy atom. The summed E-state index contributed by atoms with van der Waals surface area (Å²) in [4.78, 5) is 9.50. The molecule has 3 heteroatoms. The highest BCUT2D eigenvalue weighted by Crippen LogP contribution is 1.91. The van der Waals surface area contributed by atoms with Gasteiger partial charge in [0.2, 0.25) is 0 Å². The maximum Gasteiger partial charge on any atom is 0.417 e. The Kier molecular flexibility index (Phi) is 6.18. The van der Waals surface area contributed by atoms with Crippen LogP contribution >= 0.6 is 0 Å². The second-order valence-corrected chi connectivity index (χ2v) is 2.40. The molecule has 0 saturated heterocycles. The number of ether oxygens (including phenoxy) is 2. The molecule has 0 heterocycles. The van der Waals surface area contributed by atoms with E-state index in [1.807, 2.05) is 0 Å². The molecule has 1 radical (unpaired) electrons. The average Bonchev–Trinajstić information content (AvgIpc) is 1.87. The fourth-order valence-electron chi connectivity index (χ4n) is 0.461. The zero-order chi connectivity index (χ0) is 7.82. The first kappa shape index (κ1) is 9.43. The Morgan fingerprint density at radius 2 is 2.10 bits per heavy atom. The molecule has 0 fully saturated rings. The number of hydrogen-bond donors (Lipinski definition) is 0. The van der Waals surface area contributed by atoms with Gasteiger partial charge in [-0.15, -0.1) is 0 Å². The highest BCUT2D eigenvalue weighted by molar-refractivity contribution is 5.37. The monoisotopic (exact) mass is 145 g/mol. The van der Waals surface area contributed by atoms with Crippen LogP contribution in [0.15, 0.2) is 0 Å². The number of hydrogen-bond acceptors (Lipinski definition) is 3. The van der Waals surface area contributed by atoms with Crippen LogP contribution in [0.3, 0.4) is 0 Å². The van der Waals surface area contributed by atoms with Crippen molar-refractivity contribution in [3.8, 4) is 0 Å². The highest BCUT2D eigenvalue weighted by atomic mass is 16.5.